The Morgan fingerprint density at radius 3 is 1.22 bits per heavy atom. The molecule has 12 rings (SSSR count). The number of anilines is 3. The van der Waals surface area contributed by atoms with Crippen molar-refractivity contribution in [1.82, 2.24) is 0 Å². The van der Waals surface area contributed by atoms with Gasteiger partial charge in [-0.3, -0.25) is 0 Å². The molecule has 1 heteroatoms. The first-order chi connectivity index (χ1) is 29.8. The molecular weight excluding hydrogens is 723 g/mol. The van der Waals surface area contributed by atoms with Crippen LogP contribution in [-0.2, 0) is 5.41 Å². The van der Waals surface area contributed by atoms with Crippen LogP contribution in [0.1, 0.15) is 22.3 Å². The average Bonchev–Trinajstić information content (AvgIpc) is 3.80. The predicted octanol–water partition coefficient (Wildman–Crippen LogP) is 15.7. The van der Waals surface area contributed by atoms with Gasteiger partial charge in [-0.1, -0.05) is 200 Å². The second-order valence-electron chi connectivity index (χ2n) is 15.9. The van der Waals surface area contributed by atoms with Gasteiger partial charge in [-0.05, 0) is 125 Å². The van der Waals surface area contributed by atoms with Gasteiger partial charge >= 0.3 is 0 Å². The average molecular weight is 762 g/mol. The van der Waals surface area contributed by atoms with Gasteiger partial charge in [-0.2, -0.15) is 0 Å². The molecule has 0 amide bonds. The van der Waals surface area contributed by atoms with E-state index < -0.39 is 5.41 Å². The zero-order chi connectivity index (χ0) is 39.6. The van der Waals surface area contributed by atoms with Crippen LogP contribution in [0.3, 0.4) is 0 Å². The van der Waals surface area contributed by atoms with Gasteiger partial charge < -0.3 is 4.90 Å². The van der Waals surface area contributed by atoms with Gasteiger partial charge in [0.1, 0.15) is 0 Å². The zero-order valence-corrected chi connectivity index (χ0v) is 33.0. The SMILES string of the molecule is c1ccc(-c2ccc(N(c3ccccc3)c3ccc(-c4c(-c5ccccc5)c5c(c6ccccc46)C4(c6ccccc6-c6ccccc64)c4ccccc4-5)cc3)cc2)cc1. The van der Waals surface area contributed by atoms with Crippen molar-refractivity contribution in [2.45, 2.75) is 5.41 Å². The van der Waals surface area contributed by atoms with Gasteiger partial charge in [-0.15, -0.1) is 0 Å². The lowest BCUT2D eigenvalue weighted by Crippen LogP contribution is -2.26. The topological polar surface area (TPSA) is 3.24 Å². The maximum Gasteiger partial charge on any atom is 0.0731 e. The number of rotatable bonds is 6. The lowest BCUT2D eigenvalue weighted by atomic mass is 9.68. The molecule has 2 aliphatic rings. The first-order valence-electron chi connectivity index (χ1n) is 20.9. The summed E-state index contributed by atoms with van der Waals surface area (Å²) < 4.78 is 0. The molecule has 280 valence electrons. The highest BCUT2D eigenvalue weighted by Gasteiger charge is 2.53. The van der Waals surface area contributed by atoms with E-state index in [1.165, 1.54) is 88.7 Å². The second-order valence-corrected chi connectivity index (χ2v) is 15.9. The van der Waals surface area contributed by atoms with Crippen LogP contribution >= 0.6 is 0 Å². The third kappa shape index (κ3) is 4.99. The summed E-state index contributed by atoms with van der Waals surface area (Å²) in [7, 11) is 0. The summed E-state index contributed by atoms with van der Waals surface area (Å²) in [6, 6.07) is 87.1. The van der Waals surface area contributed by atoms with E-state index in [-0.39, 0.29) is 0 Å². The van der Waals surface area contributed by atoms with Gasteiger partial charge in [0.2, 0.25) is 0 Å². The quantitative estimate of drug-likeness (QED) is 0.163. The van der Waals surface area contributed by atoms with Crippen LogP contribution in [0, 0.1) is 0 Å². The number of hydrogen-bond donors (Lipinski definition) is 0. The molecule has 0 atom stereocenters. The monoisotopic (exact) mass is 761 g/mol. The first kappa shape index (κ1) is 34.3. The number of para-hydroxylation sites is 1. The van der Waals surface area contributed by atoms with Crippen LogP contribution in [0.4, 0.5) is 17.1 Å². The Morgan fingerprint density at radius 1 is 0.250 bits per heavy atom. The van der Waals surface area contributed by atoms with Crippen molar-refractivity contribution in [1.29, 1.82) is 0 Å². The molecule has 0 saturated heterocycles. The minimum absolute atomic E-state index is 0.461. The zero-order valence-electron chi connectivity index (χ0n) is 33.0. The fraction of sp³-hybridized carbons (Fsp3) is 0.0169. The molecule has 60 heavy (non-hydrogen) atoms. The molecule has 2 aliphatic carbocycles. The minimum atomic E-state index is -0.461. The Bertz CT molecular complexity index is 3170. The number of fused-ring (bicyclic) bond motifs is 12. The lowest BCUT2D eigenvalue weighted by Gasteiger charge is -2.32. The van der Waals surface area contributed by atoms with Crippen LogP contribution in [0.25, 0.3) is 66.4 Å². The van der Waals surface area contributed by atoms with Crippen molar-refractivity contribution in [2.75, 3.05) is 4.90 Å². The summed E-state index contributed by atoms with van der Waals surface area (Å²) in [6.45, 7) is 0. The Kier molecular flexibility index (Phi) is 7.83. The van der Waals surface area contributed by atoms with E-state index in [4.69, 9.17) is 0 Å². The summed E-state index contributed by atoms with van der Waals surface area (Å²) in [5, 5.41) is 2.55. The van der Waals surface area contributed by atoms with Crippen LogP contribution in [-0.4, -0.2) is 0 Å². The lowest BCUT2D eigenvalue weighted by molar-refractivity contribution is 0.801. The second kappa shape index (κ2) is 13.7. The van der Waals surface area contributed by atoms with E-state index in [0.29, 0.717) is 0 Å². The van der Waals surface area contributed by atoms with Crippen LogP contribution < -0.4 is 4.90 Å². The molecule has 0 fully saturated rings. The van der Waals surface area contributed by atoms with Crippen molar-refractivity contribution in [3.8, 4) is 55.6 Å². The van der Waals surface area contributed by atoms with Crippen molar-refractivity contribution >= 4 is 27.8 Å². The largest absolute Gasteiger partial charge is 0.311 e. The number of nitrogens with zero attached hydrogens (tertiary/aromatic N) is 1. The fourth-order valence-electron chi connectivity index (χ4n) is 10.5. The maximum absolute atomic E-state index is 2.39. The van der Waals surface area contributed by atoms with E-state index >= 15 is 0 Å². The molecular formula is C59H39N. The maximum atomic E-state index is 2.39. The van der Waals surface area contributed by atoms with Gasteiger partial charge in [0.25, 0.3) is 0 Å². The number of benzene rings is 10. The molecule has 0 bridgehead atoms. The summed E-state index contributed by atoms with van der Waals surface area (Å²) in [5.41, 5.74) is 20.9. The summed E-state index contributed by atoms with van der Waals surface area (Å²) in [6.07, 6.45) is 0. The van der Waals surface area contributed by atoms with Crippen molar-refractivity contribution in [3.63, 3.8) is 0 Å². The van der Waals surface area contributed by atoms with Crippen LogP contribution in [0.2, 0.25) is 0 Å². The highest BCUT2D eigenvalue weighted by atomic mass is 15.1. The minimum Gasteiger partial charge on any atom is -0.311 e. The van der Waals surface area contributed by atoms with Crippen LogP contribution in [0.5, 0.6) is 0 Å². The van der Waals surface area contributed by atoms with Crippen molar-refractivity contribution < 1.29 is 0 Å². The fourth-order valence-corrected chi connectivity index (χ4v) is 10.5. The molecule has 1 nitrogen and oxygen atoms in total. The molecule has 0 aromatic heterocycles. The normalized spacial score (nSPS) is 12.8. The van der Waals surface area contributed by atoms with Crippen molar-refractivity contribution in [2.24, 2.45) is 0 Å². The standard InChI is InChI=1S/C59H39N/c1-4-18-40(19-5-1)41-32-36-45(37-33-41)60(44-22-8-3-9-23-44)46-38-34-43(35-39-46)55-49-26-10-11-27-50(49)58-57(56(55)42-20-6-2-7-21-42)51-28-14-17-31-54(51)59(58)52-29-15-12-24-47(52)48-25-13-16-30-53(48)59/h1-39H. The third-order valence-corrected chi connectivity index (χ3v) is 12.9. The van der Waals surface area contributed by atoms with Gasteiger partial charge in [0.05, 0.1) is 5.41 Å². The molecule has 10 aromatic carbocycles. The molecule has 0 heterocycles. The Balaban J connectivity index is 1.11. The van der Waals surface area contributed by atoms with Gasteiger partial charge in [0.15, 0.2) is 0 Å². The van der Waals surface area contributed by atoms with E-state index in [9.17, 15) is 0 Å². The van der Waals surface area contributed by atoms with E-state index in [0.717, 1.165) is 17.1 Å². The highest BCUT2D eigenvalue weighted by Crippen LogP contribution is 2.66. The van der Waals surface area contributed by atoms with Crippen molar-refractivity contribution in [3.05, 3.63) is 259 Å². The smallest absolute Gasteiger partial charge is 0.0731 e. The van der Waals surface area contributed by atoms with E-state index in [1.54, 1.807) is 0 Å². The third-order valence-electron chi connectivity index (χ3n) is 12.9. The van der Waals surface area contributed by atoms with Gasteiger partial charge in [0, 0.05) is 17.1 Å². The Labute approximate surface area is 351 Å². The molecule has 0 aliphatic heterocycles. The highest BCUT2D eigenvalue weighted by molar-refractivity contribution is 6.16. The Morgan fingerprint density at radius 2 is 0.633 bits per heavy atom. The van der Waals surface area contributed by atoms with E-state index in [1.807, 2.05) is 0 Å². The predicted molar refractivity (Wildman–Crippen MR) is 251 cm³/mol. The molecule has 0 unspecified atom stereocenters. The molecule has 0 radical (unpaired) electrons. The molecule has 0 saturated carbocycles. The van der Waals surface area contributed by atoms with Gasteiger partial charge in [-0.25, -0.2) is 0 Å². The van der Waals surface area contributed by atoms with Crippen LogP contribution in [0.15, 0.2) is 237 Å². The molecule has 1 spiro atoms. The van der Waals surface area contributed by atoms with E-state index in [2.05, 4.69) is 241 Å². The number of hydrogen-bond acceptors (Lipinski definition) is 1. The summed E-state index contributed by atoms with van der Waals surface area (Å²) in [4.78, 5) is 2.35. The molecule has 10 aromatic rings. The Hall–Kier alpha value is -7.74. The summed E-state index contributed by atoms with van der Waals surface area (Å²) >= 11 is 0. The molecule has 0 N–H and O–H groups in total. The summed E-state index contributed by atoms with van der Waals surface area (Å²) in [5.74, 6) is 0. The first-order valence-corrected chi connectivity index (χ1v) is 20.9.